The zero-order valence-electron chi connectivity index (χ0n) is 10.8. The van der Waals surface area contributed by atoms with E-state index < -0.39 is 0 Å². The van der Waals surface area contributed by atoms with E-state index in [0.29, 0.717) is 10.8 Å². The molecule has 90 valence electrons. The summed E-state index contributed by atoms with van der Waals surface area (Å²) in [6.07, 6.45) is 7.76. The lowest BCUT2D eigenvalue weighted by atomic mass is 9.71. The maximum absolute atomic E-state index is 8.99. The molecule has 0 aromatic carbocycles. The van der Waals surface area contributed by atoms with Gasteiger partial charge >= 0.3 is 0 Å². The minimum Gasteiger partial charge on any atom is -0.392 e. The second-order valence-corrected chi connectivity index (χ2v) is 6.83. The van der Waals surface area contributed by atoms with Crippen LogP contribution in [-0.4, -0.2) is 11.7 Å². The number of allylic oxidation sites excluding steroid dienone is 1. The van der Waals surface area contributed by atoms with Gasteiger partial charge in [0.25, 0.3) is 0 Å². The Morgan fingerprint density at radius 1 is 1.31 bits per heavy atom. The Morgan fingerprint density at radius 2 is 1.94 bits per heavy atom. The SMILES string of the molecule is C/C(=C/CC[C@]1(C)C2CC3C(C2)C31C)CO. The summed E-state index contributed by atoms with van der Waals surface area (Å²) in [6, 6.07) is 0. The normalized spacial score (nSPS) is 53.5. The van der Waals surface area contributed by atoms with E-state index in [1.165, 1.54) is 19.3 Å². The van der Waals surface area contributed by atoms with E-state index in [1.54, 1.807) is 0 Å². The van der Waals surface area contributed by atoms with E-state index in [2.05, 4.69) is 19.9 Å². The van der Waals surface area contributed by atoms with Crippen molar-refractivity contribution in [3.63, 3.8) is 0 Å². The Morgan fingerprint density at radius 3 is 2.38 bits per heavy atom. The van der Waals surface area contributed by atoms with Crippen molar-refractivity contribution < 1.29 is 5.11 Å². The van der Waals surface area contributed by atoms with Gasteiger partial charge in [0.1, 0.15) is 0 Å². The summed E-state index contributed by atoms with van der Waals surface area (Å²) in [6.45, 7) is 7.33. The summed E-state index contributed by atoms with van der Waals surface area (Å²) in [7, 11) is 0. The molecule has 3 atom stereocenters. The molecule has 1 nitrogen and oxygen atoms in total. The molecular formula is C15H24O. The van der Waals surface area contributed by atoms with E-state index in [1.807, 2.05) is 6.92 Å². The van der Waals surface area contributed by atoms with Gasteiger partial charge in [0.15, 0.2) is 0 Å². The predicted octanol–water partition coefficient (Wildman–Crippen LogP) is 3.39. The molecule has 16 heavy (non-hydrogen) atoms. The molecule has 4 aliphatic carbocycles. The Balaban J connectivity index is 1.68. The van der Waals surface area contributed by atoms with E-state index in [-0.39, 0.29) is 6.61 Å². The Bertz CT molecular complexity index is 331. The van der Waals surface area contributed by atoms with Crippen molar-refractivity contribution in [3.8, 4) is 0 Å². The van der Waals surface area contributed by atoms with Crippen LogP contribution in [0.3, 0.4) is 0 Å². The molecule has 0 radical (unpaired) electrons. The fourth-order valence-corrected chi connectivity index (χ4v) is 5.19. The van der Waals surface area contributed by atoms with Crippen LogP contribution in [0, 0.1) is 28.6 Å². The molecule has 4 rings (SSSR count). The molecule has 1 N–H and O–H groups in total. The van der Waals surface area contributed by atoms with Crippen molar-refractivity contribution in [2.24, 2.45) is 28.6 Å². The summed E-state index contributed by atoms with van der Waals surface area (Å²) in [4.78, 5) is 0. The molecule has 0 amide bonds. The third kappa shape index (κ3) is 1.06. The van der Waals surface area contributed by atoms with Gasteiger partial charge in [0, 0.05) is 0 Å². The zero-order chi connectivity index (χ0) is 11.6. The number of hydrogen-bond acceptors (Lipinski definition) is 1. The van der Waals surface area contributed by atoms with Crippen molar-refractivity contribution in [2.45, 2.75) is 46.5 Å². The third-order valence-corrected chi connectivity index (χ3v) is 6.53. The molecule has 0 spiro atoms. The van der Waals surface area contributed by atoms with Gasteiger partial charge in [0.2, 0.25) is 0 Å². The van der Waals surface area contributed by atoms with Crippen molar-refractivity contribution in [1.29, 1.82) is 0 Å². The number of aliphatic hydroxyl groups excluding tert-OH is 1. The molecule has 2 unspecified atom stereocenters. The number of aliphatic hydroxyl groups is 1. The maximum Gasteiger partial charge on any atom is 0.0639 e. The summed E-state index contributed by atoms with van der Waals surface area (Å²) in [5.41, 5.74) is 2.43. The van der Waals surface area contributed by atoms with Gasteiger partial charge in [-0.15, -0.1) is 0 Å². The maximum atomic E-state index is 8.99. The molecule has 1 heteroatoms. The second-order valence-electron chi connectivity index (χ2n) is 6.83. The molecular weight excluding hydrogens is 196 g/mol. The van der Waals surface area contributed by atoms with Gasteiger partial charge < -0.3 is 5.11 Å². The standard InChI is InChI=1S/C15H24O/c1-10(9-16)5-4-6-14(2)11-7-12-13(8-11)15(12,14)3/h5,11-13,16H,4,6-9H2,1-3H3/b10-5-/t11?,12?,13?,14-,15?/m1/s1. The van der Waals surface area contributed by atoms with E-state index in [0.717, 1.165) is 29.7 Å². The quantitative estimate of drug-likeness (QED) is 0.720. The molecule has 4 bridgehead atoms. The average molecular weight is 220 g/mol. The van der Waals surface area contributed by atoms with Crippen LogP contribution in [0.4, 0.5) is 0 Å². The fraction of sp³-hybridized carbons (Fsp3) is 0.867. The van der Waals surface area contributed by atoms with Crippen LogP contribution in [0.2, 0.25) is 0 Å². The van der Waals surface area contributed by atoms with Crippen molar-refractivity contribution >= 4 is 0 Å². The lowest BCUT2D eigenvalue weighted by Gasteiger charge is -2.34. The fourth-order valence-electron chi connectivity index (χ4n) is 5.19. The molecule has 0 aliphatic heterocycles. The minimum atomic E-state index is 0.225. The lowest BCUT2D eigenvalue weighted by Crippen LogP contribution is -2.26. The highest BCUT2D eigenvalue weighted by molar-refractivity contribution is 5.29. The van der Waals surface area contributed by atoms with Gasteiger partial charge in [-0.2, -0.15) is 0 Å². The highest BCUT2D eigenvalue weighted by atomic mass is 16.3. The smallest absolute Gasteiger partial charge is 0.0639 e. The van der Waals surface area contributed by atoms with Gasteiger partial charge in [-0.05, 0) is 61.2 Å². The average Bonchev–Trinajstić information content (AvgIpc) is 2.62. The predicted molar refractivity (Wildman–Crippen MR) is 66.0 cm³/mol. The third-order valence-electron chi connectivity index (χ3n) is 6.53. The first-order valence-electron chi connectivity index (χ1n) is 6.80. The number of hydrogen-bond donors (Lipinski definition) is 1. The molecule has 0 aromatic heterocycles. The first-order valence-corrected chi connectivity index (χ1v) is 6.80. The van der Waals surface area contributed by atoms with Gasteiger partial charge in [-0.25, -0.2) is 0 Å². The lowest BCUT2D eigenvalue weighted by molar-refractivity contribution is 0.154. The zero-order valence-corrected chi connectivity index (χ0v) is 10.8. The largest absolute Gasteiger partial charge is 0.392 e. The van der Waals surface area contributed by atoms with Crippen LogP contribution in [0.5, 0.6) is 0 Å². The first-order chi connectivity index (χ1) is 7.54. The van der Waals surface area contributed by atoms with Crippen molar-refractivity contribution in [2.75, 3.05) is 6.61 Å². The Labute approximate surface area is 98.9 Å². The monoisotopic (exact) mass is 220 g/mol. The van der Waals surface area contributed by atoms with Crippen LogP contribution in [0.15, 0.2) is 11.6 Å². The second kappa shape index (κ2) is 3.13. The first kappa shape index (κ1) is 10.8. The summed E-state index contributed by atoms with van der Waals surface area (Å²) >= 11 is 0. The summed E-state index contributed by atoms with van der Waals surface area (Å²) < 4.78 is 0. The highest BCUT2D eigenvalue weighted by Gasteiger charge is 2.80. The molecule has 4 saturated carbocycles. The van der Waals surface area contributed by atoms with E-state index >= 15 is 0 Å². The van der Waals surface area contributed by atoms with Crippen molar-refractivity contribution in [1.82, 2.24) is 0 Å². The molecule has 0 aromatic rings. The van der Waals surface area contributed by atoms with Crippen LogP contribution < -0.4 is 0 Å². The van der Waals surface area contributed by atoms with E-state index in [4.69, 9.17) is 5.11 Å². The highest BCUT2D eigenvalue weighted by Crippen LogP contribution is 2.87. The van der Waals surface area contributed by atoms with Crippen LogP contribution >= 0.6 is 0 Å². The number of rotatable bonds is 4. The molecule has 4 fully saturated rings. The van der Waals surface area contributed by atoms with Gasteiger partial charge in [0.05, 0.1) is 6.61 Å². The van der Waals surface area contributed by atoms with Crippen LogP contribution in [0.25, 0.3) is 0 Å². The van der Waals surface area contributed by atoms with Crippen LogP contribution in [0.1, 0.15) is 46.5 Å². The van der Waals surface area contributed by atoms with Crippen molar-refractivity contribution in [3.05, 3.63) is 11.6 Å². The Hall–Kier alpha value is -0.300. The van der Waals surface area contributed by atoms with Crippen LogP contribution in [-0.2, 0) is 0 Å². The van der Waals surface area contributed by atoms with Gasteiger partial charge in [-0.3, -0.25) is 0 Å². The molecule has 4 aliphatic rings. The minimum absolute atomic E-state index is 0.225. The van der Waals surface area contributed by atoms with E-state index in [9.17, 15) is 0 Å². The van der Waals surface area contributed by atoms with Gasteiger partial charge in [-0.1, -0.05) is 25.5 Å². The summed E-state index contributed by atoms with van der Waals surface area (Å²) in [5, 5.41) is 8.99. The Kier molecular flexibility index (Phi) is 2.12. The molecule has 0 heterocycles. The molecule has 0 saturated heterocycles. The summed E-state index contributed by atoms with van der Waals surface area (Å²) in [5.74, 6) is 3.16. The topological polar surface area (TPSA) is 20.2 Å².